The average molecular weight is 553 g/mol. The number of nitrogens with two attached hydrogens (primary N) is 1. The molecule has 1 unspecified atom stereocenters. The number of halogens is 2. The van der Waals surface area contributed by atoms with Gasteiger partial charge in [0.15, 0.2) is 11.5 Å². The quantitative estimate of drug-likeness (QED) is 0.397. The van der Waals surface area contributed by atoms with E-state index < -0.39 is 6.61 Å². The summed E-state index contributed by atoms with van der Waals surface area (Å²) >= 11 is 0. The van der Waals surface area contributed by atoms with Crippen molar-refractivity contribution in [3.63, 3.8) is 0 Å². The molecular formula is C29H34F2N6O3. The number of carbonyl (C=O) groups excluding carboxylic acids is 2. The van der Waals surface area contributed by atoms with E-state index in [0.29, 0.717) is 35.2 Å². The van der Waals surface area contributed by atoms with Gasteiger partial charge >= 0.3 is 6.61 Å². The number of ether oxygens (including phenoxy) is 1. The van der Waals surface area contributed by atoms with Crippen molar-refractivity contribution >= 4 is 23.3 Å². The standard InChI is InChI=1S/C29H34F2N6O3/c1-15-4-3-5-20(9-6-15)33-27(38)24-25(32)35-37-11-10-21(34-26(24)37)18-12-19-14-36(16(2)17-7-8-17)28(39)23(19)22(13-18)40-29(30)31/h10-13,15-17,20,29H,3-9,14H2,1-2H3,(H2,32,35)(H,33,38)/t15-,16+,20?/m1/s1. The highest BCUT2D eigenvalue weighted by molar-refractivity contribution is 6.05. The first-order valence-corrected chi connectivity index (χ1v) is 14.1. The molecule has 3 aliphatic rings. The van der Waals surface area contributed by atoms with Crippen LogP contribution in [0.4, 0.5) is 14.6 Å². The molecular weight excluding hydrogens is 518 g/mol. The highest BCUT2D eigenvalue weighted by atomic mass is 19.3. The smallest absolute Gasteiger partial charge is 0.387 e. The molecule has 2 amide bonds. The zero-order valence-corrected chi connectivity index (χ0v) is 22.7. The van der Waals surface area contributed by atoms with Gasteiger partial charge in [-0.05, 0) is 74.6 Å². The maximum absolute atomic E-state index is 13.4. The first-order valence-electron chi connectivity index (χ1n) is 14.1. The van der Waals surface area contributed by atoms with E-state index in [1.54, 1.807) is 23.2 Å². The van der Waals surface area contributed by atoms with Gasteiger partial charge in [0.1, 0.15) is 11.3 Å². The van der Waals surface area contributed by atoms with Gasteiger partial charge in [-0.3, -0.25) is 9.59 Å². The minimum absolute atomic E-state index is 0.0183. The summed E-state index contributed by atoms with van der Waals surface area (Å²) in [5.41, 5.74) is 8.32. The SMILES string of the molecule is C[C@@H]1CCCC(NC(=O)c2c(N)nn3ccc(-c4cc5c(c(OC(F)F)c4)C(=O)N([C@@H](C)C4CC4)C5)nc23)CC1. The third-order valence-corrected chi connectivity index (χ3v) is 8.64. The Morgan fingerprint density at radius 1 is 1.18 bits per heavy atom. The number of nitrogens with zero attached hydrogens (tertiary/aromatic N) is 4. The molecule has 2 aromatic heterocycles. The first kappa shape index (κ1) is 26.5. The molecule has 3 aromatic rings. The number of benzene rings is 1. The second kappa shape index (κ2) is 10.3. The van der Waals surface area contributed by atoms with Crippen LogP contribution in [0.5, 0.6) is 5.75 Å². The predicted molar refractivity (Wildman–Crippen MR) is 145 cm³/mol. The summed E-state index contributed by atoms with van der Waals surface area (Å²) in [6.45, 7) is 1.46. The minimum Gasteiger partial charge on any atom is -0.434 e. The van der Waals surface area contributed by atoms with Crippen LogP contribution < -0.4 is 15.8 Å². The van der Waals surface area contributed by atoms with Gasteiger partial charge < -0.3 is 20.7 Å². The molecule has 11 heteroatoms. The Balaban J connectivity index is 1.34. The fourth-order valence-electron chi connectivity index (χ4n) is 6.15. The summed E-state index contributed by atoms with van der Waals surface area (Å²) in [7, 11) is 0. The summed E-state index contributed by atoms with van der Waals surface area (Å²) in [4.78, 5) is 33.0. The monoisotopic (exact) mass is 552 g/mol. The largest absolute Gasteiger partial charge is 0.434 e. The van der Waals surface area contributed by atoms with E-state index in [0.717, 1.165) is 44.9 Å². The van der Waals surface area contributed by atoms with E-state index in [1.807, 2.05) is 6.92 Å². The van der Waals surface area contributed by atoms with Gasteiger partial charge in [0, 0.05) is 30.4 Å². The van der Waals surface area contributed by atoms with Crippen molar-refractivity contribution in [3.8, 4) is 17.0 Å². The number of carbonyl (C=O) groups is 2. The molecule has 2 aliphatic carbocycles. The number of alkyl halides is 2. The van der Waals surface area contributed by atoms with Crippen LogP contribution >= 0.6 is 0 Å². The molecule has 6 rings (SSSR count). The number of amides is 2. The number of nitrogen functional groups attached to an aromatic ring is 1. The summed E-state index contributed by atoms with van der Waals surface area (Å²) in [5, 5.41) is 7.38. The van der Waals surface area contributed by atoms with Gasteiger partial charge in [-0.25, -0.2) is 9.50 Å². The molecule has 0 bridgehead atoms. The fourth-order valence-corrected chi connectivity index (χ4v) is 6.15. The number of hydrogen-bond acceptors (Lipinski definition) is 6. The molecule has 1 aromatic carbocycles. The van der Waals surface area contributed by atoms with Gasteiger partial charge in [0.25, 0.3) is 11.8 Å². The Hall–Kier alpha value is -3.76. The van der Waals surface area contributed by atoms with E-state index in [-0.39, 0.29) is 52.2 Å². The van der Waals surface area contributed by atoms with E-state index in [4.69, 9.17) is 10.5 Å². The van der Waals surface area contributed by atoms with Crippen LogP contribution in [0.2, 0.25) is 0 Å². The second-order valence-electron chi connectivity index (χ2n) is 11.5. The Bertz CT molecular complexity index is 1470. The van der Waals surface area contributed by atoms with Crippen molar-refractivity contribution in [1.29, 1.82) is 0 Å². The van der Waals surface area contributed by atoms with Gasteiger partial charge in [-0.15, -0.1) is 5.10 Å². The second-order valence-corrected chi connectivity index (χ2v) is 11.5. The number of rotatable bonds is 7. The lowest BCUT2D eigenvalue weighted by atomic mass is 10.0. The first-order chi connectivity index (χ1) is 19.2. The minimum atomic E-state index is -3.09. The van der Waals surface area contributed by atoms with Crippen molar-refractivity contribution in [1.82, 2.24) is 24.8 Å². The van der Waals surface area contributed by atoms with Crippen LogP contribution in [-0.4, -0.2) is 50.0 Å². The molecule has 0 saturated heterocycles. The molecule has 40 heavy (non-hydrogen) atoms. The van der Waals surface area contributed by atoms with Crippen LogP contribution in [0, 0.1) is 11.8 Å². The third-order valence-electron chi connectivity index (χ3n) is 8.64. The number of hydrogen-bond donors (Lipinski definition) is 2. The van der Waals surface area contributed by atoms with Crippen LogP contribution in [0.15, 0.2) is 24.4 Å². The summed E-state index contributed by atoms with van der Waals surface area (Å²) < 4.78 is 33.1. The van der Waals surface area contributed by atoms with Crippen molar-refractivity contribution in [2.45, 2.75) is 84.0 Å². The van der Waals surface area contributed by atoms with Gasteiger partial charge in [0.2, 0.25) is 0 Å². The molecule has 3 heterocycles. The van der Waals surface area contributed by atoms with E-state index in [1.165, 1.54) is 10.6 Å². The van der Waals surface area contributed by atoms with Gasteiger partial charge in [0.05, 0.1) is 11.3 Å². The summed E-state index contributed by atoms with van der Waals surface area (Å²) in [5.74, 6) is 0.333. The lowest BCUT2D eigenvalue weighted by molar-refractivity contribution is -0.0501. The predicted octanol–water partition coefficient (Wildman–Crippen LogP) is 5.03. The Kier molecular flexibility index (Phi) is 6.83. The third kappa shape index (κ3) is 4.97. The van der Waals surface area contributed by atoms with E-state index >= 15 is 0 Å². The summed E-state index contributed by atoms with van der Waals surface area (Å²) in [6.07, 6.45) is 8.82. The van der Waals surface area contributed by atoms with Crippen LogP contribution in [0.3, 0.4) is 0 Å². The molecule has 1 aliphatic heterocycles. The van der Waals surface area contributed by atoms with Crippen molar-refractivity contribution < 1.29 is 23.1 Å². The lowest BCUT2D eigenvalue weighted by Gasteiger charge is -2.24. The molecule has 3 N–H and O–H groups in total. The number of anilines is 1. The highest BCUT2D eigenvalue weighted by Crippen LogP contribution is 2.42. The Labute approximate surface area is 231 Å². The molecule has 212 valence electrons. The zero-order valence-electron chi connectivity index (χ0n) is 22.7. The van der Waals surface area contributed by atoms with Gasteiger partial charge in [-0.2, -0.15) is 8.78 Å². The Morgan fingerprint density at radius 2 is 1.98 bits per heavy atom. The van der Waals surface area contributed by atoms with Crippen molar-refractivity contribution in [3.05, 3.63) is 41.1 Å². The lowest BCUT2D eigenvalue weighted by Crippen LogP contribution is -2.34. The van der Waals surface area contributed by atoms with Crippen LogP contribution in [0.1, 0.15) is 85.1 Å². The molecule has 3 atom stereocenters. The Morgan fingerprint density at radius 3 is 2.73 bits per heavy atom. The molecule has 0 radical (unpaired) electrons. The number of nitrogens with one attached hydrogen (secondary N) is 1. The average Bonchev–Trinajstić information content (AvgIpc) is 3.66. The fraction of sp³-hybridized carbons (Fsp3) is 0.517. The molecule has 2 saturated carbocycles. The molecule has 9 nitrogen and oxygen atoms in total. The van der Waals surface area contributed by atoms with E-state index in [2.05, 4.69) is 22.3 Å². The highest BCUT2D eigenvalue weighted by Gasteiger charge is 2.40. The van der Waals surface area contributed by atoms with Gasteiger partial charge in [-0.1, -0.05) is 19.8 Å². The normalized spacial score (nSPS) is 21.9. The van der Waals surface area contributed by atoms with E-state index in [9.17, 15) is 18.4 Å². The number of fused-ring (bicyclic) bond motifs is 2. The maximum Gasteiger partial charge on any atom is 0.387 e. The molecule has 0 spiro atoms. The topological polar surface area (TPSA) is 115 Å². The number of aromatic nitrogens is 3. The zero-order chi connectivity index (χ0) is 28.1. The van der Waals surface area contributed by atoms with Crippen molar-refractivity contribution in [2.75, 3.05) is 5.73 Å². The summed E-state index contributed by atoms with van der Waals surface area (Å²) in [6, 6.07) is 4.95. The molecule has 2 fully saturated rings. The van der Waals surface area contributed by atoms with Crippen molar-refractivity contribution in [2.24, 2.45) is 11.8 Å². The maximum atomic E-state index is 13.4. The van der Waals surface area contributed by atoms with Crippen LogP contribution in [0.25, 0.3) is 16.9 Å². The van der Waals surface area contributed by atoms with Crippen LogP contribution in [-0.2, 0) is 6.54 Å².